The average molecular weight is 345 g/mol. The Labute approximate surface area is 151 Å². The van der Waals surface area contributed by atoms with Crippen LogP contribution in [-0.2, 0) is 11.3 Å². The maximum absolute atomic E-state index is 12.0. The molecule has 0 saturated heterocycles. The van der Waals surface area contributed by atoms with Crippen LogP contribution in [0.5, 0.6) is 0 Å². The van der Waals surface area contributed by atoms with Gasteiger partial charge >= 0.3 is 0 Å². The van der Waals surface area contributed by atoms with E-state index < -0.39 is 0 Å². The lowest BCUT2D eigenvalue weighted by Gasteiger charge is -2.25. The molecule has 5 nitrogen and oxygen atoms in total. The van der Waals surface area contributed by atoms with E-state index in [1.165, 1.54) is 32.1 Å². The molecule has 1 aliphatic rings. The van der Waals surface area contributed by atoms with Gasteiger partial charge in [0.05, 0.1) is 0 Å². The fourth-order valence-corrected chi connectivity index (χ4v) is 3.03. The first kappa shape index (κ1) is 19.3. The van der Waals surface area contributed by atoms with Gasteiger partial charge < -0.3 is 16.0 Å². The molecule has 1 aromatic rings. The molecule has 0 radical (unpaired) electrons. The van der Waals surface area contributed by atoms with Crippen molar-refractivity contribution in [2.75, 3.05) is 12.4 Å². The number of guanidine groups is 1. The van der Waals surface area contributed by atoms with Gasteiger partial charge in [0.15, 0.2) is 5.96 Å². The normalized spacial score (nSPS) is 17.0. The Balaban J connectivity index is 1.86. The Kier molecular flexibility index (Phi) is 7.76. The van der Waals surface area contributed by atoms with Crippen LogP contribution >= 0.6 is 0 Å². The lowest BCUT2D eigenvalue weighted by atomic mass is 9.96. The highest BCUT2D eigenvalue weighted by molar-refractivity contribution is 5.92. The van der Waals surface area contributed by atoms with Crippen LogP contribution in [0, 0.1) is 5.92 Å². The summed E-state index contributed by atoms with van der Waals surface area (Å²) in [5, 5.41) is 9.88. The molecule has 5 heteroatoms. The van der Waals surface area contributed by atoms with Crippen LogP contribution in [0.4, 0.5) is 5.69 Å². The van der Waals surface area contributed by atoms with Crippen molar-refractivity contribution in [2.24, 2.45) is 10.9 Å². The molecule has 1 aliphatic carbocycles. The maximum Gasteiger partial charge on any atom is 0.227 e. The Morgan fingerprint density at radius 2 is 2.04 bits per heavy atom. The number of rotatable bonds is 6. The number of benzene rings is 1. The first-order chi connectivity index (χ1) is 12.1. The number of nitrogens with one attached hydrogen (secondary N) is 3. The molecule has 1 unspecified atom stereocenters. The van der Waals surface area contributed by atoms with E-state index in [0.29, 0.717) is 12.6 Å². The summed E-state index contributed by atoms with van der Waals surface area (Å²) < 4.78 is 0. The van der Waals surface area contributed by atoms with Gasteiger partial charge in [-0.3, -0.25) is 9.79 Å². The van der Waals surface area contributed by atoms with Crippen molar-refractivity contribution in [2.45, 2.75) is 65.0 Å². The Morgan fingerprint density at radius 1 is 1.28 bits per heavy atom. The van der Waals surface area contributed by atoms with Gasteiger partial charge in [-0.2, -0.15) is 0 Å². The summed E-state index contributed by atoms with van der Waals surface area (Å²) >= 11 is 0. The van der Waals surface area contributed by atoms with E-state index in [9.17, 15) is 4.79 Å². The standard InChI is InChI=1S/C20H32N4O/c1-4-15(2)19(25)23-18-12-8-9-16(13-18)14-22-20(21-3)24-17-10-6-5-7-11-17/h8-9,12-13,15,17H,4-7,10-11,14H2,1-3H3,(H,23,25)(H2,21,22,24). The minimum Gasteiger partial charge on any atom is -0.354 e. The minimum absolute atomic E-state index is 0.0281. The second-order valence-corrected chi connectivity index (χ2v) is 6.90. The largest absolute Gasteiger partial charge is 0.354 e. The molecular formula is C20H32N4O. The van der Waals surface area contributed by atoms with Gasteiger partial charge in [-0.25, -0.2) is 0 Å². The lowest BCUT2D eigenvalue weighted by molar-refractivity contribution is -0.119. The fraction of sp³-hybridized carbons (Fsp3) is 0.600. The van der Waals surface area contributed by atoms with E-state index in [-0.39, 0.29) is 11.8 Å². The van der Waals surface area contributed by atoms with Crippen molar-refractivity contribution in [1.29, 1.82) is 0 Å². The highest BCUT2D eigenvalue weighted by Gasteiger charge is 2.14. The van der Waals surface area contributed by atoms with Gasteiger partial charge in [-0.05, 0) is 37.0 Å². The zero-order chi connectivity index (χ0) is 18.1. The van der Waals surface area contributed by atoms with E-state index in [2.05, 4.69) is 27.0 Å². The number of carbonyl (C=O) groups excluding carboxylic acids is 1. The van der Waals surface area contributed by atoms with E-state index in [1.54, 1.807) is 7.05 Å². The third kappa shape index (κ3) is 6.40. The summed E-state index contributed by atoms with van der Waals surface area (Å²) in [4.78, 5) is 16.4. The summed E-state index contributed by atoms with van der Waals surface area (Å²) in [6.07, 6.45) is 7.23. The molecule has 0 aromatic heterocycles. The smallest absolute Gasteiger partial charge is 0.227 e. The molecule has 1 amide bonds. The Morgan fingerprint density at radius 3 is 2.72 bits per heavy atom. The fourth-order valence-electron chi connectivity index (χ4n) is 3.03. The number of hydrogen-bond donors (Lipinski definition) is 3. The highest BCUT2D eigenvalue weighted by Crippen LogP contribution is 2.17. The number of anilines is 1. The van der Waals surface area contributed by atoms with E-state index in [1.807, 2.05) is 32.0 Å². The predicted molar refractivity (Wildman–Crippen MR) is 105 cm³/mol. The summed E-state index contributed by atoms with van der Waals surface area (Å²) in [5.41, 5.74) is 1.97. The molecule has 138 valence electrons. The van der Waals surface area contributed by atoms with Crippen molar-refractivity contribution in [3.05, 3.63) is 29.8 Å². The van der Waals surface area contributed by atoms with Crippen molar-refractivity contribution >= 4 is 17.6 Å². The van der Waals surface area contributed by atoms with Crippen molar-refractivity contribution in [3.8, 4) is 0 Å². The molecule has 0 bridgehead atoms. The second kappa shape index (κ2) is 10.1. The third-order valence-corrected chi connectivity index (χ3v) is 4.88. The van der Waals surface area contributed by atoms with Crippen molar-refractivity contribution < 1.29 is 4.79 Å². The first-order valence-corrected chi connectivity index (χ1v) is 9.49. The molecule has 1 atom stereocenters. The van der Waals surface area contributed by atoms with Crippen molar-refractivity contribution in [1.82, 2.24) is 10.6 Å². The Bertz CT molecular complexity index is 579. The third-order valence-electron chi connectivity index (χ3n) is 4.88. The molecule has 1 fully saturated rings. The van der Waals surface area contributed by atoms with Gasteiger partial charge in [0, 0.05) is 31.2 Å². The number of aliphatic imine (C=N–C) groups is 1. The van der Waals surface area contributed by atoms with Gasteiger partial charge in [0.2, 0.25) is 5.91 Å². The molecule has 3 N–H and O–H groups in total. The van der Waals surface area contributed by atoms with Crippen molar-refractivity contribution in [3.63, 3.8) is 0 Å². The monoisotopic (exact) mass is 344 g/mol. The number of nitrogens with zero attached hydrogens (tertiary/aromatic N) is 1. The van der Waals surface area contributed by atoms with Crippen LogP contribution < -0.4 is 16.0 Å². The van der Waals surface area contributed by atoms with Gasteiger partial charge in [0.1, 0.15) is 0 Å². The van der Waals surface area contributed by atoms with Gasteiger partial charge in [0.25, 0.3) is 0 Å². The minimum atomic E-state index is 0.0281. The van der Waals surface area contributed by atoms with Crippen LogP contribution in [-0.4, -0.2) is 25.0 Å². The SMILES string of the molecule is CCC(C)C(=O)Nc1cccc(CNC(=NC)NC2CCCCC2)c1. The summed E-state index contributed by atoms with van der Waals surface area (Å²) in [6, 6.07) is 8.50. The van der Waals surface area contributed by atoms with E-state index in [4.69, 9.17) is 0 Å². The van der Waals surface area contributed by atoms with Crippen LogP contribution in [0.25, 0.3) is 0 Å². The molecule has 0 heterocycles. The lowest BCUT2D eigenvalue weighted by Crippen LogP contribution is -2.43. The summed E-state index contributed by atoms with van der Waals surface area (Å²) in [6.45, 7) is 4.65. The molecule has 25 heavy (non-hydrogen) atoms. The van der Waals surface area contributed by atoms with Crippen LogP contribution in [0.1, 0.15) is 57.9 Å². The summed E-state index contributed by atoms with van der Waals surface area (Å²) in [5.74, 6) is 0.948. The zero-order valence-electron chi connectivity index (χ0n) is 15.8. The number of amides is 1. The molecule has 0 spiro atoms. The van der Waals surface area contributed by atoms with Crippen LogP contribution in [0.2, 0.25) is 0 Å². The second-order valence-electron chi connectivity index (χ2n) is 6.90. The Hall–Kier alpha value is -2.04. The van der Waals surface area contributed by atoms with Gasteiger partial charge in [-0.1, -0.05) is 45.2 Å². The van der Waals surface area contributed by atoms with E-state index >= 15 is 0 Å². The first-order valence-electron chi connectivity index (χ1n) is 9.49. The quantitative estimate of drug-likeness (QED) is 0.545. The van der Waals surface area contributed by atoms with E-state index in [0.717, 1.165) is 23.6 Å². The topological polar surface area (TPSA) is 65.5 Å². The summed E-state index contributed by atoms with van der Waals surface area (Å²) in [7, 11) is 1.81. The van der Waals surface area contributed by atoms with Gasteiger partial charge in [-0.15, -0.1) is 0 Å². The van der Waals surface area contributed by atoms with Crippen LogP contribution in [0.15, 0.2) is 29.3 Å². The average Bonchev–Trinajstić information content (AvgIpc) is 2.65. The molecule has 0 aliphatic heterocycles. The molecule has 1 saturated carbocycles. The molecular weight excluding hydrogens is 312 g/mol. The predicted octanol–water partition coefficient (Wildman–Crippen LogP) is 3.67. The van der Waals surface area contributed by atoms with Crippen LogP contribution in [0.3, 0.4) is 0 Å². The number of hydrogen-bond acceptors (Lipinski definition) is 2. The molecule has 1 aromatic carbocycles. The maximum atomic E-state index is 12.0. The number of carbonyl (C=O) groups is 1. The highest BCUT2D eigenvalue weighted by atomic mass is 16.1. The molecule has 2 rings (SSSR count). The zero-order valence-corrected chi connectivity index (χ0v) is 15.8.